The summed E-state index contributed by atoms with van der Waals surface area (Å²) in [5.41, 5.74) is 9.98. The standard InChI is InChI=1S/C40H23N3/c1-3-14-30-27(11-1)28-12-2-4-15-31(28)39-38(30)41-23-35(42-39)26-10-7-9-24(21-26)25-19-20-37-34(22-25)33-17-8-16-32-29-13-5-6-18-36(29)43(37)40(32)33/h1-23H. The predicted octanol–water partition coefficient (Wildman–Crippen LogP) is 10.4. The van der Waals surface area contributed by atoms with Gasteiger partial charge in [0, 0.05) is 37.9 Å². The van der Waals surface area contributed by atoms with Crippen LogP contribution in [-0.4, -0.2) is 14.4 Å². The molecule has 0 atom stereocenters. The third-order valence-electron chi connectivity index (χ3n) is 9.14. The number of aromatic nitrogens is 3. The second-order valence-electron chi connectivity index (χ2n) is 11.4. The van der Waals surface area contributed by atoms with Gasteiger partial charge in [0.05, 0.1) is 39.5 Å². The van der Waals surface area contributed by atoms with E-state index in [1.807, 2.05) is 6.20 Å². The Kier molecular flexibility index (Phi) is 4.45. The molecule has 3 aromatic heterocycles. The molecule has 3 nitrogen and oxygen atoms in total. The highest BCUT2D eigenvalue weighted by molar-refractivity contribution is 6.24. The molecule has 0 aliphatic heterocycles. The van der Waals surface area contributed by atoms with E-state index in [0.29, 0.717) is 0 Å². The highest BCUT2D eigenvalue weighted by Gasteiger charge is 2.17. The van der Waals surface area contributed by atoms with Gasteiger partial charge >= 0.3 is 0 Å². The quantitative estimate of drug-likeness (QED) is 0.202. The van der Waals surface area contributed by atoms with Crippen molar-refractivity contribution in [1.82, 2.24) is 14.4 Å². The van der Waals surface area contributed by atoms with Gasteiger partial charge in [0.1, 0.15) is 0 Å². The summed E-state index contributed by atoms with van der Waals surface area (Å²) < 4.78 is 2.42. The average molecular weight is 546 g/mol. The molecule has 198 valence electrons. The minimum absolute atomic E-state index is 0.878. The molecule has 0 bridgehead atoms. The summed E-state index contributed by atoms with van der Waals surface area (Å²) in [5, 5.41) is 9.86. The molecule has 0 aliphatic carbocycles. The molecule has 0 aliphatic rings. The van der Waals surface area contributed by atoms with Crippen molar-refractivity contribution in [1.29, 1.82) is 0 Å². The first-order chi connectivity index (χ1) is 21.3. The van der Waals surface area contributed by atoms with Gasteiger partial charge in [0.25, 0.3) is 0 Å². The van der Waals surface area contributed by atoms with Crippen molar-refractivity contribution in [3.8, 4) is 22.4 Å². The Morgan fingerprint density at radius 1 is 0.395 bits per heavy atom. The third-order valence-corrected chi connectivity index (χ3v) is 9.14. The minimum Gasteiger partial charge on any atom is -0.308 e. The molecule has 0 fully saturated rings. The number of hydrogen-bond donors (Lipinski definition) is 0. The van der Waals surface area contributed by atoms with E-state index >= 15 is 0 Å². The largest absolute Gasteiger partial charge is 0.308 e. The van der Waals surface area contributed by atoms with Crippen LogP contribution in [0, 0.1) is 0 Å². The second-order valence-corrected chi connectivity index (χ2v) is 11.4. The van der Waals surface area contributed by atoms with Gasteiger partial charge < -0.3 is 4.40 Å². The lowest BCUT2D eigenvalue weighted by atomic mass is 9.98. The molecule has 0 amide bonds. The maximum Gasteiger partial charge on any atom is 0.0979 e. The Labute approximate surface area is 246 Å². The molecule has 0 radical (unpaired) electrons. The normalized spacial score (nSPS) is 12.2. The van der Waals surface area contributed by atoms with Crippen LogP contribution in [-0.2, 0) is 0 Å². The van der Waals surface area contributed by atoms with Gasteiger partial charge in [-0.1, -0.05) is 109 Å². The van der Waals surface area contributed by atoms with Crippen LogP contribution in [0.25, 0.3) is 93.1 Å². The summed E-state index contributed by atoms with van der Waals surface area (Å²) in [7, 11) is 0. The zero-order valence-corrected chi connectivity index (χ0v) is 23.1. The SMILES string of the molecule is c1cc(-c2ccc3c(c2)c2cccc4c5ccccc5n3c42)cc(-c2cnc3c4ccccc4c4ccccc4c3n2)c1. The first-order valence-electron chi connectivity index (χ1n) is 14.7. The summed E-state index contributed by atoms with van der Waals surface area (Å²) in [6.07, 6.45) is 1.92. The fraction of sp³-hybridized carbons (Fsp3) is 0. The molecule has 0 unspecified atom stereocenters. The fourth-order valence-electron chi connectivity index (χ4n) is 7.23. The Morgan fingerprint density at radius 2 is 0.977 bits per heavy atom. The number of para-hydroxylation sites is 2. The second kappa shape index (κ2) is 8.37. The lowest BCUT2D eigenvalue weighted by Gasteiger charge is -2.11. The topological polar surface area (TPSA) is 30.2 Å². The zero-order valence-electron chi connectivity index (χ0n) is 23.1. The zero-order chi connectivity index (χ0) is 28.1. The summed E-state index contributed by atoms with van der Waals surface area (Å²) in [6, 6.07) is 47.9. The van der Waals surface area contributed by atoms with E-state index < -0.39 is 0 Å². The maximum atomic E-state index is 5.23. The van der Waals surface area contributed by atoms with Gasteiger partial charge in [-0.3, -0.25) is 4.98 Å². The Bertz CT molecular complexity index is 2700. The molecule has 3 heteroatoms. The predicted molar refractivity (Wildman–Crippen MR) is 180 cm³/mol. The molecule has 0 N–H and O–H groups in total. The number of fused-ring (bicyclic) bond motifs is 12. The van der Waals surface area contributed by atoms with Crippen molar-refractivity contribution in [3.63, 3.8) is 0 Å². The molecule has 10 rings (SSSR count). The molecule has 0 spiro atoms. The van der Waals surface area contributed by atoms with Crippen LogP contribution in [0.1, 0.15) is 0 Å². The van der Waals surface area contributed by atoms with Crippen molar-refractivity contribution in [2.45, 2.75) is 0 Å². The fourth-order valence-corrected chi connectivity index (χ4v) is 7.23. The summed E-state index contributed by atoms with van der Waals surface area (Å²) in [5.74, 6) is 0. The summed E-state index contributed by atoms with van der Waals surface area (Å²) in [6.45, 7) is 0. The van der Waals surface area contributed by atoms with Gasteiger partial charge in [0.15, 0.2) is 0 Å². The molecule has 0 saturated carbocycles. The van der Waals surface area contributed by atoms with E-state index in [1.54, 1.807) is 0 Å². The van der Waals surface area contributed by atoms with Crippen LogP contribution >= 0.6 is 0 Å². The van der Waals surface area contributed by atoms with Crippen LogP contribution in [0.4, 0.5) is 0 Å². The Morgan fingerprint density at radius 3 is 1.79 bits per heavy atom. The maximum absolute atomic E-state index is 5.23. The first-order valence-corrected chi connectivity index (χ1v) is 14.7. The van der Waals surface area contributed by atoms with Gasteiger partial charge in [-0.05, 0) is 46.2 Å². The van der Waals surface area contributed by atoms with Crippen molar-refractivity contribution >= 4 is 70.7 Å². The van der Waals surface area contributed by atoms with Crippen molar-refractivity contribution in [2.24, 2.45) is 0 Å². The molecular formula is C40H23N3. The molecule has 3 heterocycles. The lowest BCUT2D eigenvalue weighted by molar-refractivity contribution is 1.31. The van der Waals surface area contributed by atoms with E-state index in [4.69, 9.17) is 9.97 Å². The van der Waals surface area contributed by atoms with Gasteiger partial charge in [-0.25, -0.2) is 4.98 Å². The van der Waals surface area contributed by atoms with Crippen molar-refractivity contribution in [2.75, 3.05) is 0 Å². The first kappa shape index (κ1) is 22.8. The molecule has 7 aromatic carbocycles. The number of nitrogens with zero attached hydrogens (tertiary/aromatic N) is 3. The Hall–Kier alpha value is -5.80. The molecule has 10 aromatic rings. The number of rotatable bonds is 2. The van der Waals surface area contributed by atoms with Crippen molar-refractivity contribution in [3.05, 3.63) is 140 Å². The van der Waals surface area contributed by atoms with Crippen LogP contribution in [0.3, 0.4) is 0 Å². The van der Waals surface area contributed by atoms with E-state index in [2.05, 4.69) is 138 Å². The van der Waals surface area contributed by atoms with E-state index in [9.17, 15) is 0 Å². The van der Waals surface area contributed by atoms with E-state index in [0.717, 1.165) is 33.1 Å². The van der Waals surface area contributed by atoms with Gasteiger partial charge in [0.2, 0.25) is 0 Å². The third kappa shape index (κ3) is 3.08. The van der Waals surface area contributed by atoms with Crippen LogP contribution in [0.15, 0.2) is 140 Å². The van der Waals surface area contributed by atoms with Crippen molar-refractivity contribution < 1.29 is 0 Å². The average Bonchev–Trinajstić information content (AvgIpc) is 3.60. The van der Waals surface area contributed by atoms with Gasteiger partial charge in [-0.15, -0.1) is 0 Å². The molecule has 0 saturated heterocycles. The van der Waals surface area contributed by atoms with Crippen LogP contribution in [0.5, 0.6) is 0 Å². The smallest absolute Gasteiger partial charge is 0.0979 e. The lowest BCUT2D eigenvalue weighted by Crippen LogP contribution is -1.92. The van der Waals surface area contributed by atoms with E-state index in [1.165, 1.54) is 60.0 Å². The number of benzene rings is 7. The van der Waals surface area contributed by atoms with Crippen LogP contribution < -0.4 is 0 Å². The highest BCUT2D eigenvalue weighted by atomic mass is 14.9. The Balaban J connectivity index is 1.16. The molecule has 43 heavy (non-hydrogen) atoms. The van der Waals surface area contributed by atoms with Gasteiger partial charge in [-0.2, -0.15) is 0 Å². The highest BCUT2D eigenvalue weighted by Crippen LogP contribution is 2.40. The summed E-state index contributed by atoms with van der Waals surface area (Å²) in [4.78, 5) is 10.2. The van der Waals surface area contributed by atoms with E-state index in [-0.39, 0.29) is 0 Å². The minimum atomic E-state index is 0.878. The van der Waals surface area contributed by atoms with Crippen LogP contribution in [0.2, 0.25) is 0 Å². The molecular weight excluding hydrogens is 522 g/mol. The number of hydrogen-bond acceptors (Lipinski definition) is 2. The monoisotopic (exact) mass is 545 g/mol. The summed E-state index contributed by atoms with van der Waals surface area (Å²) >= 11 is 0.